The SMILES string of the molecule is CN(CC1CC(O)C1)C1CCOC2(CCC2)C1. The molecule has 1 heterocycles. The molecule has 1 spiro atoms. The minimum Gasteiger partial charge on any atom is -0.393 e. The Balaban J connectivity index is 1.49. The van der Waals surface area contributed by atoms with Crippen LogP contribution in [0.1, 0.15) is 44.9 Å². The second-order valence-electron chi connectivity index (χ2n) is 6.46. The minimum atomic E-state index is -0.0129. The number of ether oxygens (including phenoxy) is 1. The standard InChI is InChI=1S/C14H25NO2/c1-15(10-11-7-13(16)8-11)12-3-6-17-14(9-12)4-2-5-14/h11-13,16H,2-10H2,1H3. The largest absolute Gasteiger partial charge is 0.393 e. The van der Waals surface area contributed by atoms with Crippen molar-refractivity contribution in [1.82, 2.24) is 4.90 Å². The van der Waals surface area contributed by atoms with Gasteiger partial charge in [-0.05, 0) is 57.9 Å². The highest BCUT2D eigenvalue weighted by Gasteiger charge is 2.43. The van der Waals surface area contributed by atoms with E-state index < -0.39 is 0 Å². The van der Waals surface area contributed by atoms with Gasteiger partial charge in [-0.15, -0.1) is 0 Å². The smallest absolute Gasteiger partial charge is 0.0697 e. The van der Waals surface area contributed by atoms with Crippen molar-refractivity contribution in [2.24, 2.45) is 5.92 Å². The summed E-state index contributed by atoms with van der Waals surface area (Å²) < 4.78 is 5.98. The molecule has 1 saturated heterocycles. The fourth-order valence-electron chi connectivity index (χ4n) is 3.70. The molecule has 0 aromatic heterocycles. The first-order valence-electron chi connectivity index (χ1n) is 7.19. The van der Waals surface area contributed by atoms with Crippen LogP contribution < -0.4 is 0 Å². The molecule has 0 aromatic rings. The van der Waals surface area contributed by atoms with E-state index in [-0.39, 0.29) is 11.7 Å². The molecule has 3 fully saturated rings. The molecule has 1 aliphatic heterocycles. The lowest BCUT2D eigenvalue weighted by Crippen LogP contribution is -2.52. The van der Waals surface area contributed by atoms with Gasteiger partial charge in [-0.25, -0.2) is 0 Å². The molecule has 1 unspecified atom stereocenters. The topological polar surface area (TPSA) is 32.7 Å². The fraction of sp³-hybridized carbons (Fsp3) is 1.00. The Bertz CT molecular complexity index is 271. The summed E-state index contributed by atoms with van der Waals surface area (Å²) in [5.41, 5.74) is 0.260. The molecule has 0 amide bonds. The van der Waals surface area contributed by atoms with Gasteiger partial charge in [-0.2, -0.15) is 0 Å². The van der Waals surface area contributed by atoms with Gasteiger partial charge in [0.1, 0.15) is 0 Å². The monoisotopic (exact) mass is 239 g/mol. The lowest BCUT2D eigenvalue weighted by Gasteiger charge is -2.49. The predicted molar refractivity (Wildman–Crippen MR) is 66.9 cm³/mol. The van der Waals surface area contributed by atoms with Gasteiger partial charge in [-0.1, -0.05) is 0 Å². The van der Waals surface area contributed by atoms with E-state index in [1.54, 1.807) is 0 Å². The molecule has 0 bridgehead atoms. The third-order valence-electron chi connectivity index (χ3n) is 5.11. The number of hydrogen-bond donors (Lipinski definition) is 1. The Morgan fingerprint density at radius 2 is 2.12 bits per heavy atom. The van der Waals surface area contributed by atoms with Gasteiger partial charge in [0.05, 0.1) is 11.7 Å². The summed E-state index contributed by atoms with van der Waals surface area (Å²) >= 11 is 0. The van der Waals surface area contributed by atoms with Crippen molar-refractivity contribution in [2.45, 2.75) is 62.7 Å². The van der Waals surface area contributed by atoms with Crippen LogP contribution in [0, 0.1) is 5.92 Å². The molecule has 98 valence electrons. The summed E-state index contributed by atoms with van der Waals surface area (Å²) in [7, 11) is 2.26. The van der Waals surface area contributed by atoms with Crippen molar-refractivity contribution in [2.75, 3.05) is 20.2 Å². The Labute approximate surface area is 104 Å². The number of nitrogens with zero attached hydrogens (tertiary/aromatic N) is 1. The molecule has 3 rings (SSSR count). The van der Waals surface area contributed by atoms with Crippen LogP contribution >= 0.6 is 0 Å². The van der Waals surface area contributed by atoms with Gasteiger partial charge in [0, 0.05) is 19.2 Å². The van der Waals surface area contributed by atoms with Gasteiger partial charge < -0.3 is 14.7 Å². The first-order valence-corrected chi connectivity index (χ1v) is 7.19. The molecule has 1 N–H and O–H groups in total. The predicted octanol–water partition coefficient (Wildman–Crippen LogP) is 1.79. The average molecular weight is 239 g/mol. The van der Waals surface area contributed by atoms with E-state index in [2.05, 4.69) is 11.9 Å². The molecule has 2 aliphatic carbocycles. The van der Waals surface area contributed by atoms with Gasteiger partial charge in [-0.3, -0.25) is 0 Å². The van der Waals surface area contributed by atoms with Crippen LogP contribution in [0.4, 0.5) is 0 Å². The average Bonchev–Trinajstić information content (AvgIpc) is 2.25. The Morgan fingerprint density at radius 1 is 1.35 bits per heavy atom. The van der Waals surface area contributed by atoms with Crippen LogP contribution in [-0.2, 0) is 4.74 Å². The molecule has 1 atom stereocenters. The molecule has 0 radical (unpaired) electrons. The van der Waals surface area contributed by atoms with Crippen LogP contribution in [0.5, 0.6) is 0 Å². The Morgan fingerprint density at radius 3 is 2.71 bits per heavy atom. The molecular weight excluding hydrogens is 214 g/mol. The second kappa shape index (κ2) is 4.52. The highest BCUT2D eigenvalue weighted by molar-refractivity contribution is 4.96. The summed E-state index contributed by atoms with van der Waals surface area (Å²) in [6.45, 7) is 2.11. The highest BCUT2D eigenvalue weighted by atomic mass is 16.5. The van der Waals surface area contributed by atoms with E-state index in [1.807, 2.05) is 0 Å². The third-order valence-corrected chi connectivity index (χ3v) is 5.11. The normalized spacial score (nSPS) is 40.1. The minimum absolute atomic E-state index is 0.0129. The Kier molecular flexibility index (Phi) is 3.18. The summed E-state index contributed by atoms with van der Waals surface area (Å²) in [6, 6.07) is 0.710. The molecule has 2 saturated carbocycles. The van der Waals surface area contributed by atoms with Crippen molar-refractivity contribution in [3.05, 3.63) is 0 Å². The molecule has 0 aromatic carbocycles. The second-order valence-corrected chi connectivity index (χ2v) is 6.46. The summed E-state index contributed by atoms with van der Waals surface area (Å²) in [5, 5.41) is 9.33. The van der Waals surface area contributed by atoms with E-state index in [9.17, 15) is 5.11 Å². The summed E-state index contributed by atoms with van der Waals surface area (Å²) in [6.07, 6.45) is 8.34. The van der Waals surface area contributed by atoms with Crippen LogP contribution in [0.25, 0.3) is 0 Å². The lowest BCUT2D eigenvalue weighted by atomic mass is 9.73. The van der Waals surface area contributed by atoms with Crippen LogP contribution in [0.2, 0.25) is 0 Å². The van der Waals surface area contributed by atoms with E-state index in [4.69, 9.17) is 4.74 Å². The first-order chi connectivity index (χ1) is 8.17. The zero-order valence-corrected chi connectivity index (χ0v) is 10.9. The molecule has 3 nitrogen and oxygen atoms in total. The number of hydrogen-bond acceptors (Lipinski definition) is 3. The zero-order valence-electron chi connectivity index (χ0n) is 10.9. The van der Waals surface area contributed by atoms with Crippen molar-refractivity contribution in [3.63, 3.8) is 0 Å². The Hall–Kier alpha value is -0.120. The maximum Gasteiger partial charge on any atom is 0.0697 e. The van der Waals surface area contributed by atoms with Gasteiger partial charge in [0.15, 0.2) is 0 Å². The third kappa shape index (κ3) is 2.38. The molecule has 17 heavy (non-hydrogen) atoms. The van der Waals surface area contributed by atoms with Crippen LogP contribution in [0.15, 0.2) is 0 Å². The summed E-state index contributed by atoms with van der Waals surface area (Å²) in [4.78, 5) is 2.53. The van der Waals surface area contributed by atoms with E-state index in [0.717, 1.165) is 31.9 Å². The maximum absolute atomic E-state index is 9.33. The first kappa shape index (κ1) is 11.9. The van der Waals surface area contributed by atoms with Crippen molar-refractivity contribution < 1.29 is 9.84 Å². The molecule has 3 heteroatoms. The zero-order chi connectivity index (χ0) is 11.9. The van der Waals surface area contributed by atoms with Crippen molar-refractivity contribution in [3.8, 4) is 0 Å². The maximum atomic E-state index is 9.33. The number of aliphatic hydroxyl groups is 1. The van der Waals surface area contributed by atoms with Gasteiger partial charge >= 0.3 is 0 Å². The van der Waals surface area contributed by atoms with E-state index in [0.29, 0.717) is 6.04 Å². The highest BCUT2D eigenvalue weighted by Crippen LogP contribution is 2.43. The molecular formula is C14H25NO2. The fourth-order valence-corrected chi connectivity index (χ4v) is 3.70. The van der Waals surface area contributed by atoms with Crippen LogP contribution in [0.3, 0.4) is 0 Å². The van der Waals surface area contributed by atoms with Gasteiger partial charge in [0.25, 0.3) is 0 Å². The van der Waals surface area contributed by atoms with Crippen molar-refractivity contribution in [1.29, 1.82) is 0 Å². The number of aliphatic hydroxyl groups excluding tert-OH is 1. The quantitative estimate of drug-likeness (QED) is 0.815. The van der Waals surface area contributed by atoms with Gasteiger partial charge in [0.2, 0.25) is 0 Å². The van der Waals surface area contributed by atoms with Crippen LogP contribution in [-0.4, -0.2) is 48.0 Å². The van der Waals surface area contributed by atoms with E-state index >= 15 is 0 Å². The summed E-state index contributed by atoms with van der Waals surface area (Å²) in [5.74, 6) is 0.732. The van der Waals surface area contributed by atoms with E-state index in [1.165, 1.54) is 32.1 Å². The lowest BCUT2D eigenvalue weighted by molar-refractivity contribution is -0.148. The number of rotatable bonds is 3. The van der Waals surface area contributed by atoms with Crippen molar-refractivity contribution >= 4 is 0 Å². The molecule has 3 aliphatic rings.